The van der Waals surface area contributed by atoms with Crippen LogP contribution in [-0.4, -0.2) is 29.3 Å². The molecule has 0 radical (unpaired) electrons. The molecule has 0 bridgehead atoms. The van der Waals surface area contributed by atoms with Crippen molar-refractivity contribution in [3.63, 3.8) is 0 Å². The van der Waals surface area contributed by atoms with Crippen LogP contribution in [0, 0.1) is 0 Å². The van der Waals surface area contributed by atoms with E-state index in [1.165, 1.54) is 0 Å². The van der Waals surface area contributed by atoms with E-state index in [2.05, 4.69) is 35.1 Å². The average molecular weight is 306 g/mol. The van der Waals surface area contributed by atoms with Gasteiger partial charge < -0.3 is 0 Å². The van der Waals surface area contributed by atoms with Crippen LogP contribution in [-0.2, 0) is 27.2 Å². The van der Waals surface area contributed by atoms with Gasteiger partial charge in [0.05, 0.1) is 24.4 Å². The minimum absolute atomic E-state index is 0.861. The molecule has 6 nitrogen and oxygen atoms in total. The van der Waals surface area contributed by atoms with Gasteiger partial charge in [-0.15, -0.1) is 0 Å². The van der Waals surface area contributed by atoms with E-state index >= 15 is 0 Å². The van der Waals surface area contributed by atoms with Crippen LogP contribution < -0.4 is 0 Å². The Morgan fingerprint density at radius 2 is 1.25 bits per heavy atom. The molecule has 0 atom stereocenters. The van der Waals surface area contributed by atoms with Crippen molar-refractivity contribution in [3.05, 3.63) is 0 Å². The Hall–Kier alpha value is 0.590. The van der Waals surface area contributed by atoms with E-state index in [1.54, 1.807) is 0 Å². The maximum absolute atomic E-state index is 9.73. The molecule has 0 spiro atoms. The van der Waals surface area contributed by atoms with Crippen LogP contribution in [0.4, 0.5) is 0 Å². The Labute approximate surface area is 84.7 Å². The van der Waals surface area contributed by atoms with Crippen molar-refractivity contribution in [2.24, 2.45) is 0 Å². The highest BCUT2D eigenvalue weighted by atomic mass is 79.9. The van der Waals surface area contributed by atoms with Gasteiger partial charge in [0, 0.05) is 0 Å². The predicted molar refractivity (Wildman–Crippen MR) is 46.6 cm³/mol. The van der Waals surface area contributed by atoms with Gasteiger partial charge in [0.1, 0.15) is 16.3 Å². The molecular formula is C2H6BrClO6S2. The summed E-state index contributed by atoms with van der Waals surface area (Å²) in [6.45, 7) is 0. The number of hydrogen-bond acceptors (Lipinski definition) is 6. The van der Waals surface area contributed by atoms with Crippen LogP contribution in [0.25, 0.3) is 0 Å². The second kappa shape index (κ2) is 6.11. The van der Waals surface area contributed by atoms with E-state index in [9.17, 15) is 16.8 Å². The van der Waals surface area contributed by atoms with Gasteiger partial charge in [-0.3, -0.25) is 0 Å². The topological polar surface area (TPSA) is 86.7 Å². The van der Waals surface area contributed by atoms with Crippen molar-refractivity contribution < 1.29 is 23.8 Å². The van der Waals surface area contributed by atoms with Crippen molar-refractivity contribution in [2.45, 2.75) is 0 Å². The lowest BCUT2D eigenvalue weighted by molar-refractivity contribution is 0.516. The second-order valence-corrected chi connectivity index (χ2v) is 5.77. The summed E-state index contributed by atoms with van der Waals surface area (Å²) in [5.41, 5.74) is 0. The number of halogens is 2. The van der Waals surface area contributed by atoms with E-state index < -0.39 is 20.2 Å². The molecule has 0 heterocycles. The van der Waals surface area contributed by atoms with Gasteiger partial charge in [0.25, 0.3) is 20.2 Å². The quantitative estimate of drug-likeness (QED) is 0.733. The Bertz CT molecular complexity index is 260. The summed E-state index contributed by atoms with van der Waals surface area (Å²) in [7, 11) is -6.64. The fourth-order valence-electron chi connectivity index (χ4n) is 0. The largest absolute Gasteiger partial charge is 0.280 e. The molecule has 76 valence electrons. The highest BCUT2D eigenvalue weighted by Gasteiger charge is 1.94. The molecule has 0 saturated heterocycles. The van der Waals surface area contributed by atoms with E-state index in [0.29, 0.717) is 0 Å². The number of rotatable bonds is 2. The molecule has 0 amide bonds. The summed E-state index contributed by atoms with van der Waals surface area (Å²) in [4.78, 5) is 0. The Morgan fingerprint density at radius 1 is 1.08 bits per heavy atom. The highest BCUT2D eigenvalue weighted by molar-refractivity contribution is 9.06. The van der Waals surface area contributed by atoms with E-state index in [0.717, 1.165) is 12.5 Å². The SMILES string of the molecule is CS(=O)(=O)OBr.CS(=O)(=O)OCl. The fourth-order valence-corrected chi connectivity index (χ4v) is 0. The molecule has 0 unspecified atom stereocenters. The molecule has 0 aromatic rings. The highest BCUT2D eigenvalue weighted by Crippen LogP contribution is 1.90. The van der Waals surface area contributed by atoms with Gasteiger partial charge in [-0.2, -0.15) is 23.8 Å². The first-order chi connectivity index (χ1) is 5.12. The first kappa shape index (κ1) is 15.1. The monoisotopic (exact) mass is 304 g/mol. The number of hydrogen-bond donors (Lipinski definition) is 0. The molecule has 10 heteroatoms. The van der Waals surface area contributed by atoms with E-state index in [4.69, 9.17) is 0 Å². The van der Waals surface area contributed by atoms with Gasteiger partial charge in [-0.05, 0) is 0 Å². The van der Waals surface area contributed by atoms with E-state index in [-0.39, 0.29) is 0 Å². The zero-order valence-electron chi connectivity index (χ0n) is 6.02. The van der Waals surface area contributed by atoms with Crippen molar-refractivity contribution in [3.8, 4) is 0 Å². The van der Waals surface area contributed by atoms with Gasteiger partial charge in [-0.1, -0.05) is 0 Å². The van der Waals surface area contributed by atoms with Crippen molar-refractivity contribution >= 4 is 48.4 Å². The minimum Gasteiger partial charge on any atom is -0.199 e. The van der Waals surface area contributed by atoms with Crippen LogP contribution in [0.5, 0.6) is 0 Å². The van der Waals surface area contributed by atoms with Crippen molar-refractivity contribution in [1.29, 1.82) is 0 Å². The molecule has 0 aliphatic rings. The van der Waals surface area contributed by atoms with Gasteiger partial charge >= 0.3 is 0 Å². The minimum atomic E-state index is -3.40. The van der Waals surface area contributed by atoms with E-state index in [1.807, 2.05) is 0 Å². The van der Waals surface area contributed by atoms with Gasteiger partial charge in [-0.25, -0.2) is 0 Å². The summed E-state index contributed by atoms with van der Waals surface area (Å²) >= 11 is 6.67. The van der Waals surface area contributed by atoms with Gasteiger partial charge in [0.2, 0.25) is 0 Å². The normalized spacial score (nSPS) is 11.7. The molecule has 0 aromatic heterocycles. The van der Waals surface area contributed by atoms with Crippen molar-refractivity contribution in [2.75, 3.05) is 12.5 Å². The first-order valence-electron chi connectivity index (χ1n) is 2.13. The molecule has 0 saturated carbocycles. The first-order valence-corrected chi connectivity index (χ1v) is 6.71. The second-order valence-electron chi connectivity index (χ2n) is 1.53. The third-order valence-corrected chi connectivity index (χ3v) is 2.81. The Balaban J connectivity index is 0. The van der Waals surface area contributed by atoms with Crippen LogP contribution >= 0.6 is 28.1 Å². The lowest BCUT2D eigenvalue weighted by Gasteiger charge is -1.80. The summed E-state index contributed by atoms with van der Waals surface area (Å²) in [5.74, 6) is 0. The smallest absolute Gasteiger partial charge is 0.199 e. The molecule has 0 N–H and O–H groups in total. The van der Waals surface area contributed by atoms with Crippen LogP contribution in [0.3, 0.4) is 0 Å². The molecule has 0 fully saturated rings. The third kappa shape index (κ3) is 22.4. The predicted octanol–water partition coefficient (Wildman–Crippen LogP) is 0.389. The molecule has 12 heavy (non-hydrogen) atoms. The fraction of sp³-hybridized carbons (Fsp3) is 1.00. The average Bonchev–Trinajstić information content (AvgIpc) is 1.86. The maximum Gasteiger partial charge on any atom is 0.280 e. The molecule has 0 aromatic carbocycles. The maximum atomic E-state index is 9.73. The third-order valence-electron chi connectivity index (χ3n) is 0.229. The molecule has 0 rings (SSSR count). The standard InChI is InChI=1S/CH3BrO3S.CH3ClO3S/c2*1-6(3,4)5-2/h2*1H3. The molecule has 0 aliphatic carbocycles. The lowest BCUT2D eigenvalue weighted by Crippen LogP contribution is -1.91. The van der Waals surface area contributed by atoms with Crippen LogP contribution in [0.1, 0.15) is 0 Å². The van der Waals surface area contributed by atoms with Gasteiger partial charge in [0.15, 0.2) is 0 Å². The lowest BCUT2D eigenvalue weighted by atomic mass is 12.0. The van der Waals surface area contributed by atoms with Crippen LogP contribution in [0.15, 0.2) is 0 Å². The zero-order chi connectivity index (χ0) is 10.4. The van der Waals surface area contributed by atoms with Crippen molar-refractivity contribution in [1.82, 2.24) is 0 Å². The zero-order valence-corrected chi connectivity index (χ0v) is 10.00. The summed E-state index contributed by atoms with van der Waals surface area (Å²) in [5, 5.41) is 0. The Kier molecular flexibility index (Phi) is 7.67. The van der Waals surface area contributed by atoms with Crippen LogP contribution in [0.2, 0.25) is 0 Å². The summed E-state index contributed by atoms with van der Waals surface area (Å²) in [6.07, 6.45) is 1.81. The molecular weight excluding hydrogens is 300 g/mol. The molecule has 0 aliphatic heterocycles. The summed E-state index contributed by atoms with van der Waals surface area (Å²) in [6, 6.07) is 0. The summed E-state index contributed by atoms with van der Waals surface area (Å²) < 4.78 is 45.9. The Morgan fingerprint density at radius 3 is 1.25 bits per heavy atom.